The maximum Gasteiger partial charge on any atom is 0.319 e. The van der Waals surface area contributed by atoms with Crippen molar-refractivity contribution in [3.05, 3.63) is 24.3 Å². The number of carbonyl (C=O) groups excluding carboxylic acids is 1. The van der Waals surface area contributed by atoms with Gasteiger partial charge in [0.05, 0.1) is 10.6 Å². The molecule has 0 bridgehead atoms. The highest BCUT2D eigenvalue weighted by molar-refractivity contribution is 7.91. The fraction of sp³-hybridized carbons (Fsp3) is 0.562. The summed E-state index contributed by atoms with van der Waals surface area (Å²) in [6.07, 6.45) is 4.55. The van der Waals surface area contributed by atoms with Crippen molar-refractivity contribution in [3.63, 3.8) is 0 Å². The molecule has 1 aliphatic carbocycles. The smallest absolute Gasteiger partial charge is 0.319 e. The summed E-state index contributed by atoms with van der Waals surface area (Å²) in [6.45, 7) is 3.77. The Bertz CT molecular complexity index is 611. The van der Waals surface area contributed by atoms with E-state index in [0.717, 1.165) is 19.3 Å². The van der Waals surface area contributed by atoms with E-state index in [-0.39, 0.29) is 22.7 Å². The third-order valence-electron chi connectivity index (χ3n) is 4.28. The second-order valence-electron chi connectivity index (χ2n) is 5.89. The van der Waals surface area contributed by atoms with Gasteiger partial charge in [-0.05, 0) is 43.0 Å². The van der Waals surface area contributed by atoms with Crippen LogP contribution in [0.4, 0.5) is 10.5 Å². The summed E-state index contributed by atoms with van der Waals surface area (Å²) in [7, 11) is -3.20. The van der Waals surface area contributed by atoms with E-state index in [0.29, 0.717) is 11.6 Å². The predicted octanol–water partition coefficient (Wildman–Crippen LogP) is 3.18. The zero-order valence-electron chi connectivity index (χ0n) is 13.1. The summed E-state index contributed by atoms with van der Waals surface area (Å²) in [5.74, 6) is 0.566. The first-order valence-electron chi connectivity index (χ1n) is 7.82. The van der Waals surface area contributed by atoms with Gasteiger partial charge in [-0.3, -0.25) is 0 Å². The Morgan fingerprint density at radius 2 is 1.82 bits per heavy atom. The highest BCUT2D eigenvalue weighted by atomic mass is 32.2. The molecule has 0 saturated heterocycles. The molecule has 2 atom stereocenters. The van der Waals surface area contributed by atoms with E-state index in [1.54, 1.807) is 19.1 Å². The lowest BCUT2D eigenvalue weighted by molar-refractivity contribution is 0.232. The molecule has 1 fully saturated rings. The van der Waals surface area contributed by atoms with Crippen LogP contribution in [-0.2, 0) is 9.84 Å². The van der Waals surface area contributed by atoms with E-state index in [1.807, 2.05) is 0 Å². The zero-order valence-corrected chi connectivity index (χ0v) is 13.9. The van der Waals surface area contributed by atoms with Gasteiger partial charge in [0.1, 0.15) is 0 Å². The molecule has 2 rings (SSSR count). The summed E-state index contributed by atoms with van der Waals surface area (Å²) in [6, 6.07) is 6.27. The van der Waals surface area contributed by atoms with Crippen LogP contribution in [0.2, 0.25) is 0 Å². The van der Waals surface area contributed by atoms with Gasteiger partial charge in [-0.1, -0.05) is 26.7 Å². The summed E-state index contributed by atoms with van der Waals surface area (Å²) < 4.78 is 23.5. The van der Waals surface area contributed by atoms with Crippen LogP contribution in [0.5, 0.6) is 0 Å². The molecule has 1 aromatic rings. The number of anilines is 1. The second-order valence-corrected chi connectivity index (χ2v) is 8.17. The van der Waals surface area contributed by atoms with Crippen molar-refractivity contribution in [1.29, 1.82) is 0 Å². The number of urea groups is 1. The molecule has 0 spiro atoms. The third-order valence-corrected chi connectivity index (χ3v) is 6.03. The fourth-order valence-corrected chi connectivity index (χ4v) is 3.66. The number of hydrogen-bond acceptors (Lipinski definition) is 3. The van der Waals surface area contributed by atoms with Crippen LogP contribution in [0.1, 0.15) is 39.5 Å². The van der Waals surface area contributed by atoms with E-state index in [2.05, 4.69) is 17.6 Å². The van der Waals surface area contributed by atoms with Crippen LogP contribution in [0.25, 0.3) is 0 Å². The van der Waals surface area contributed by atoms with Crippen molar-refractivity contribution >= 4 is 21.6 Å². The topological polar surface area (TPSA) is 75.3 Å². The summed E-state index contributed by atoms with van der Waals surface area (Å²) >= 11 is 0. The number of benzene rings is 1. The van der Waals surface area contributed by atoms with E-state index in [1.165, 1.54) is 18.6 Å². The average Bonchev–Trinajstić information content (AvgIpc) is 2.50. The normalized spacial score (nSPS) is 22.1. The Morgan fingerprint density at radius 3 is 2.41 bits per heavy atom. The Morgan fingerprint density at radius 1 is 1.18 bits per heavy atom. The maximum absolute atomic E-state index is 12.0. The first-order valence-corrected chi connectivity index (χ1v) is 9.48. The average molecular weight is 324 g/mol. The SMILES string of the molecule is CCS(=O)(=O)c1ccc(NC(=O)N[C@@H]2CCCC[C@@H]2C)cc1. The Balaban J connectivity index is 1.94. The number of amides is 2. The minimum absolute atomic E-state index is 0.0693. The first kappa shape index (κ1) is 16.8. The van der Waals surface area contributed by atoms with E-state index in [9.17, 15) is 13.2 Å². The van der Waals surface area contributed by atoms with Gasteiger partial charge in [0, 0.05) is 11.7 Å². The Hall–Kier alpha value is -1.56. The highest BCUT2D eigenvalue weighted by Crippen LogP contribution is 2.23. The number of rotatable bonds is 4. The van der Waals surface area contributed by atoms with Gasteiger partial charge in [0.25, 0.3) is 0 Å². The van der Waals surface area contributed by atoms with Crippen LogP contribution in [0, 0.1) is 5.92 Å². The van der Waals surface area contributed by atoms with Gasteiger partial charge in [0.15, 0.2) is 9.84 Å². The monoisotopic (exact) mass is 324 g/mol. The quantitative estimate of drug-likeness (QED) is 0.893. The second kappa shape index (κ2) is 7.13. The van der Waals surface area contributed by atoms with Gasteiger partial charge >= 0.3 is 6.03 Å². The lowest BCUT2D eigenvalue weighted by atomic mass is 9.86. The van der Waals surface area contributed by atoms with Gasteiger partial charge in [-0.2, -0.15) is 0 Å². The van der Waals surface area contributed by atoms with Crippen molar-refractivity contribution in [3.8, 4) is 0 Å². The van der Waals surface area contributed by atoms with Gasteiger partial charge in [-0.25, -0.2) is 13.2 Å². The van der Waals surface area contributed by atoms with Gasteiger partial charge < -0.3 is 10.6 Å². The molecule has 2 amide bonds. The number of sulfone groups is 1. The number of hydrogen-bond donors (Lipinski definition) is 2. The molecule has 0 aliphatic heterocycles. The highest BCUT2D eigenvalue weighted by Gasteiger charge is 2.22. The third kappa shape index (κ3) is 4.22. The summed E-state index contributed by atoms with van der Waals surface area (Å²) in [5.41, 5.74) is 0.594. The maximum atomic E-state index is 12.0. The molecule has 1 aliphatic rings. The number of nitrogens with one attached hydrogen (secondary N) is 2. The van der Waals surface area contributed by atoms with Crippen LogP contribution < -0.4 is 10.6 Å². The minimum atomic E-state index is -3.20. The van der Waals surface area contributed by atoms with Crippen molar-refractivity contribution in [2.45, 2.75) is 50.5 Å². The molecule has 122 valence electrons. The molecule has 22 heavy (non-hydrogen) atoms. The van der Waals surface area contributed by atoms with Gasteiger partial charge in [0.2, 0.25) is 0 Å². The lowest BCUT2D eigenvalue weighted by Crippen LogP contribution is -2.43. The molecule has 1 saturated carbocycles. The Kier molecular flexibility index (Phi) is 5.45. The molecule has 1 aromatic carbocycles. The molecule has 0 unspecified atom stereocenters. The fourth-order valence-electron chi connectivity index (χ4n) is 2.78. The van der Waals surface area contributed by atoms with Crippen molar-refractivity contribution in [2.24, 2.45) is 5.92 Å². The molecular formula is C16H24N2O3S. The van der Waals surface area contributed by atoms with Crippen LogP contribution in [0.15, 0.2) is 29.2 Å². The molecular weight excluding hydrogens is 300 g/mol. The van der Waals surface area contributed by atoms with Crippen LogP contribution in [0.3, 0.4) is 0 Å². The van der Waals surface area contributed by atoms with E-state index >= 15 is 0 Å². The minimum Gasteiger partial charge on any atom is -0.335 e. The summed E-state index contributed by atoms with van der Waals surface area (Å²) in [5, 5.41) is 5.77. The number of carbonyl (C=O) groups is 1. The molecule has 0 aromatic heterocycles. The predicted molar refractivity (Wildman–Crippen MR) is 87.7 cm³/mol. The molecule has 6 heteroatoms. The van der Waals surface area contributed by atoms with E-state index in [4.69, 9.17) is 0 Å². The van der Waals surface area contributed by atoms with Crippen molar-refractivity contribution in [1.82, 2.24) is 5.32 Å². The summed E-state index contributed by atoms with van der Waals surface area (Å²) in [4.78, 5) is 12.3. The first-order chi connectivity index (χ1) is 10.4. The zero-order chi connectivity index (χ0) is 16.2. The van der Waals surface area contributed by atoms with Crippen molar-refractivity contribution in [2.75, 3.05) is 11.1 Å². The molecule has 2 N–H and O–H groups in total. The molecule has 0 radical (unpaired) electrons. The van der Waals surface area contributed by atoms with Gasteiger partial charge in [-0.15, -0.1) is 0 Å². The van der Waals surface area contributed by atoms with E-state index < -0.39 is 9.84 Å². The lowest BCUT2D eigenvalue weighted by Gasteiger charge is -2.29. The Labute approximate surface area is 132 Å². The molecule has 5 nitrogen and oxygen atoms in total. The molecule has 0 heterocycles. The standard InChI is InChI=1S/C16H24N2O3S/c1-3-22(20,21)14-10-8-13(9-11-14)17-16(19)18-15-7-5-4-6-12(15)2/h8-12,15H,3-7H2,1-2H3,(H2,17,18,19)/t12-,15+/m0/s1. The van der Waals surface area contributed by atoms with Crippen molar-refractivity contribution < 1.29 is 13.2 Å². The van der Waals surface area contributed by atoms with Crippen LogP contribution in [-0.4, -0.2) is 26.2 Å². The largest absolute Gasteiger partial charge is 0.335 e. The van der Waals surface area contributed by atoms with Crippen LogP contribution >= 0.6 is 0 Å².